The van der Waals surface area contributed by atoms with Crippen LogP contribution in [-0.4, -0.2) is 13.6 Å². The highest BCUT2D eigenvalue weighted by atomic mass is 15.1. The molecule has 0 spiro atoms. The molecule has 0 radical (unpaired) electrons. The average molecular weight is 230 g/mol. The van der Waals surface area contributed by atoms with E-state index in [0.717, 1.165) is 17.8 Å². The standard InChI is InChI=1S/C15H22N2/c1-3-4-5-6-7-11-17(2)15-10-8-9-14(12-15)13-16/h8-10,12H,3-7,11H2,1-2H3. The Bertz CT molecular complexity index is 365. The zero-order valence-electron chi connectivity index (χ0n) is 10.9. The SMILES string of the molecule is CCCCCCCN(C)c1cccc(C#N)c1. The summed E-state index contributed by atoms with van der Waals surface area (Å²) in [5.74, 6) is 0. The summed E-state index contributed by atoms with van der Waals surface area (Å²) < 4.78 is 0. The molecule has 2 heteroatoms. The molecule has 17 heavy (non-hydrogen) atoms. The van der Waals surface area contributed by atoms with E-state index in [0.29, 0.717) is 0 Å². The van der Waals surface area contributed by atoms with Crippen LogP contribution in [0.4, 0.5) is 5.69 Å². The Balaban J connectivity index is 2.36. The van der Waals surface area contributed by atoms with E-state index in [-0.39, 0.29) is 0 Å². The van der Waals surface area contributed by atoms with Gasteiger partial charge in [-0.3, -0.25) is 0 Å². The molecule has 0 saturated heterocycles. The number of hydrogen-bond acceptors (Lipinski definition) is 2. The van der Waals surface area contributed by atoms with Gasteiger partial charge in [-0.1, -0.05) is 38.7 Å². The van der Waals surface area contributed by atoms with Crippen molar-refractivity contribution in [3.8, 4) is 6.07 Å². The van der Waals surface area contributed by atoms with E-state index < -0.39 is 0 Å². The van der Waals surface area contributed by atoms with Gasteiger partial charge < -0.3 is 4.90 Å². The van der Waals surface area contributed by atoms with Crippen molar-refractivity contribution in [1.82, 2.24) is 0 Å². The van der Waals surface area contributed by atoms with E-state index in [2.05, 4.69) is 31.0 Å². The van der Waals surface area contributed by atoms with Crippen molar-refractivity contribution in [2.45, 2.75) is 39.0 Å². The Kier molecular flexibility index (Phi) is 6.17. The number of nitriles is 1. The Hall–Kier alpha value is -1.49. The normalized spacial score (nSPS) is 9.94. The number of unbranched alkanes of at least 4 members (excludes halogenated alkanes) is 4. The van der Waals surface area contributed by atoms with Crippen molar-refractivity contribution in [3.63, 3.8) is 0 Å². The highest BCUT2D eigenvalue weighted by molar-refractivity contribution is 5.50. The van der Waals surface area contributed by atoms with Gasteiger partial charge in [0, 0.05) is 19.3 Å². The Morgan fingerprint density at radius 1 is 1.18 bits per heavy atom. The summed E-state index contributed by atoms with van der Waals surface area (Å²) in [6.07, 6.45) is 6.50. The molecule has 0 amide bonds. The summed E-state index contributed by atoms with van der Waals surface area (Å²) in [6, 6.07) is 9.98. The fourth-order valence-corrected chi connectivity index (χ4v) is 1.89. The minimum Gasteiger partial charge on any atom is -0.375 e. The van der Waals surface area contributed by atoms with Crippen LogP contribution in [0.15, 0.2) is 24.3 Å². The van der Waals surface area contributed by atoms with Crippen LogP contribution in [0.2, 0.25) is 0 Å². The van der Waals surface area contributed by atoms with Crippen molar-refractivity contribution in [3.05, 3.63) is 29.8 Å². The molecule has 0 fully saturated rings. The number of anilines is 1. The summed E-state index contributed by atoms with van der Waals surface area (Å²) in [5.41, 5.74) is 1.87. The predicted molar refractivity (Wildman–Crippen MR) is 73.2 cm³/mol. The summed E-state index contributed by atoms with van der Waals surface area (Å²) in [7, 11) is 2.09. The average Bonchev–Trinajstić information content (AvgIpc) is 2.38. The van der Waals surface area contributed by atoms with Crippen molar-refractivity contribution >= 4 is 5.69 Å². The highest BCUT2D eigenvalue weighted by Crippen LogP contribution is 2.15. The molecular weight excluding hydrogens is 208 g/mol. The first kappa shape index (κ1) is 13.6. The predicted octanol–water partition coefficient (Wildman–Crippen LogP) is 3.96. The van der Waals surface area contributed by atoms with Crippen molar-refractivity contribution in [1.29, 1.82) is 5.26 Å². The molecule has 92 valence electrons. The van der Waals surface area contributed by atoms with Crippen LogP contribution in [-0.2, 0) is 0 Å². The number of nitrogens with zero attached hydrogens (tertiary/aromatic N) is 2. The number of hydrogen-bond donors (Lipinski definition) is 0. The molecule has 0 bridgehead atoms. The van der Waals surface area contributed by atoms with Crippen LogP contribution in [0.1, 0.15) is 44.6 Å². The lowest BCUT2D eigenvalue weighted by atomic mass is 10.1. The first-order valence-electron chi connectivity index (χ1n) is 6.49. The first-order valence-corrected chi connectivity index (χ1v) is 6.49. The zero-order valence-corrected chi connectivity index (χ0v) is 10.9. The molecule has 1 rings (SSSR count). The van der Waals surface area contributed by atoms with Gasteiger partial charge in [0.05, 0.1) is 11.6 Å². The van der Waals surface area contributed by atoms with E-state index >= 15 is 0 Å². The number of rotatable bonds is 7. The second-order valence-corrected chi connectivity index (χ2v) is 4.50. The zero-order chi connectivity index (χ0) is 12.5. The van der Waals surface area contributed by atoms with Gasteiger partial charge in [0.2, 0.25) is 0 Å². The summed E-state index contributed by atoms with van der Waals surface area (Å²) in [5, 5.41) is 8.85. The van der Waals surface area contributed by atoms with E-state index in [1.807, 2.05) is 18.2 Å². The first-order chi connectivity index (χ1) is 8.27. The summed E-state index contributed by atoms with van der Waals surface area (Å²) >= 11 is 0. The van der Waals surface area contributed by atoms with E-state index in [1.165, 1.54) is 32.1 Å². The lowest BCUT2D eigenvalue weighted by molar-refractivity contribution is 0.629. The molecule has 0 unspecified atom stereocenters. The van der Waals surface area contributed by atoms with Crippen LogP contribution >= 0.6 is 0 Å². The van der Waals surface area contributed by atoms with Crippen LogP contribution in [0.5, 0.6) is 0 Å². The second kappa shape index (κ2) is 7.73. The third-order valence-electron chi connectivity index (χ3n) is 3.01. The molecular formula is C15H22N2. The van der Waals surface area contributed by atoms with Gasteiger partial charge in [-0.15, -0.1) is 0 Å². The Labute approximate surface area is 105 Å². The minimum atomic E-state index is 0.736. The second-order valence-electron chi connectivity index (χ2n) is 4.50. The maximum Gasteiger partial charge on any atom is 0.0992 e. The lowest BCUT2D eigenvalue weighted by Gasteiger charge is -2.19. The fourth-order valence-electron chi connectivity index (χ4n) is 1.89. The van der Waals surface area contributed by atoms with E-state index in [1.54, 1.807) is 0 Å². The van der Waals surface area contributed by atoms with Crippen LogP contribution < -0.4 is 4.90 Å². The number of benzene rings is 1. The van der Waals surface area contributed by atoms with Crippen LogP contribution in [0.3, 0.4) is 0 Å². The Morgan fingerprint density at radius 2 is 1.94 bits per heavy atom. The van der Waals surface area contributed by atoms with Gasteiger partial charge in [-0.2, -0.15) is 5.26 Å². The molecule has 0 aliphatic rings. The molecule has 0 saturated carbocycles. The summed E-state index contributed by atoms with van der Waals surface area (Å²) in [4.78, 5) is 2.23. The van der Waals surface area contributed by atoms with Gasteiger partial charge in [0.25, 0.3) is 0 Å². The third kappa shape index (κ3) is 4.91. The molecule has 0 heterocycles. The Morgan fingerprint density at radius 3 is 2.65 bits per heavy atom. The molecule has 0 atom stereocenters. The van der Waals surface area contributed by atoms with Gasteiger partial charge >= 0.3 is 0 Å². The monoisotopic (exact) mass is 230 g/mol. The molecule has 0 aliphatic heterocycles. The van der Waals surface area contributed by atoms with Gasteiger partial charge in [-0.05, 0) is 24.6 Å². The van der Waals surface area contributed by atoms with Crippen molar-refractivity contribution < 1.29 is 0 Å². The molecule has 1 aromatic carbocycles. The molecule has 0 aliphatic carbocycles. The van der Waals surface area contributed by atoms with Gasteiger partial charge in [0.15, 0.2) is 0 Å². The maximum atomic E-state index is 8.85. The molecule has 1 aromatic rings. The van der Waals surface area contributed by atoms with E-state index in [4.69, 9.17) is 5.26 Å². The molecule has 0 aromatic heterocycles. The minimum absolute atomic E-state index is 0.736. The van der Waals surface area contributed by atoms with E-state index in [9.17, 15) is 0 Å². The van der Waals surface area contributed by atoms with Gasteiger partial charge in [-0.25, -0.2) is 0 Å². The summed E-state index contributed by atoms with van der Waals surface area (Å²) in [6.45, 7) is 3.30. The maximum absolute atomic E-state index is 8.85. The molecule has 2 nitrogen and oxygen atoms in total. The van der Waals surface area contributed by atoms with Crippen LogP contribution in [0.25, 0.3) is 0 Å². The topological polar surface area (TPSA) is 27.0 Å². The third-order valence-corrected chi connectivity index (χ3v) is 3.01. The smallest absolute Gasteiger partial charge is 0.0992 e. The molecule has 0 N–H and O–H groups in total. The lowest BCUT2D eigenvalue weighted by Crippen LogP contribution is -2.18. The fraction of sp³-hybridized carbons (Fsp3) is 0.533. The van der Waals surface area contributed by atoms with Gasteiger partial charge in [0.1, 0.15) is 0 Å². The quantitative estimate of drug-likeness (QED) is 0.663. The van der Waals surface area contributed by atoms with Crippen molar-refractivity contribution in [2.24, 2.45) is 0 Å². The highest BCUT2D eigenvalue weighted by Gasteiger charge is 2.01. The largest absolute Gasteiger partial charge is 0.375 e. The van der Waals surface area contributed by atoms with Crippen LogP contribution in [0, 0.1) is 11.3 Å². The van der Waals surface area contributed by atoms with Crippen molar-refractivity contribution in [2.75, 3.05) is 18.5 Å².